The molecule has 1 aromatic heterocycles. The number of aromatic nitrogens is 2. The van der Waals surface area contributed by atoms with Crippen LogP contribution in [0, 0.1) is 6.92 Å². The normalized spacial score (nSPS) is 10.1. The first-order valence-electron chi connectivity index (χ1n) is 5.14. The molecule has 82 valence electrons. The molecule has 0 fully saturated rings. The molecule has 16 heavy (non-hydrogen) atoms. The Morgan fingerprint density at radius 1 is 1.25 bits per heavy atom. The molecule has 4 heteroatoms. The van der Waals surface area contributed by atoms with Crippen molar-refractivity contribution in [3.8, 4) is 0 Å². The van der Waals surface area contributed by atoms with Gasteiger partial charge in [-0.1, -0.05) is 18.2 Å². The number of rotatable bonds is 3. The lowest BCUT2D eigenvalue weighted by molar-refractivity contribution is 0.912. The van der Waals surface area contributed by atoms with Gasteiger partial charge in [-0.3, -0.25) is 0 Å². The highest BCUT2D eigenvalue weighted by Gasteiger charge is 2.00. The maximum atomic E-state index is 5.49. The van der Waals surface area contributed by atoms with Gasteiger partial charge >= 0.3 is 0 Å². The first kappa shape index (κ1) is 10.6. The molecule has 0 saturated carbocycles. The molecule has 0 spiro atoms. The van der Waals surface area contributed by atoms with Gasteiger partial charge in [0.15, 0.2) is 0 Å². The van der Waals surface area contributed by atoms with E-state index in [2.05, 4.69) is 15.3 Å². The highest BCUT2D eigenvalue weighted by atomic mass is 15.0. The SMILES string of the molecule is Cc1ccccc1Nc1ccnc(CN)n1. The molecule has 0 amide bonds. The minimum Gasteiger partial charge on any atom is -0.340 e. The van der Waals surface area contributed by atoms with E-state index in [-0.39, 0.29) is 0 Å². The van der Waals surface area contributed by atoms with Crippen molar-refractivity contribution in [1.29, 1.82) is 0 Å². The Morgan fingerprint density at radius 2 is 2.06 bits per heavy atom. The average Bonchev–Trinajstić information content (AvgIpc) is 2.32. The Labute approximate surface area is 94.5 Å². The van der Waals surface area contributed by atoms with Gasteiger partial charge in [0.2, 0.25) is 0 Å². The number of anilines is 2. The number of nitrogens with one attached hydrogen (secondary N) is 1. The van der Waals surface area contributed by atoms with E-state index >= 15 is 0 Å². The van der Waals surface area contributed by atoms with Crippen LogP contribution in [0.4, 0.5) is 11.5 Å². The van der Waals surface area contributed by atoms with Gasteiger partial charge in [-0.2, -0.15) is 0 Å². The lowest BCUT2D eigenvalue weighted by atomic mass is 10.2. The van der Waals surface area contributed by atoms with E-state index in [1.807, 2.05) is 37.3 Å². The molecule has 2 rings (SSSR count). The topological polar surface area (TPSA) is 63.8 Å². The molecule has 0 unspecified atom stereocenters. The fraction of sp³-hybridized carbons (Fsp3) is 0.167. The van der Waals surface area contributed by atoms with Gasteiger partial charge in [0.25, 0.3) is 0 Å². The van der Waals surface area contributed by atoms with Gasteiger partial charge in [-0.15, -0.1) is 0 Å². The summed E-state index contributed by atoms with van der Waals surface area (Å²) in [5.74, 6) is 1.41. The molecular formula is C12H14N4. The van der Waals surface area contributed by atoms with Crippen LogP contribution in [0.25, 0.3) is 0 Å². The van der Waals surface area contributed by atoms with E-state index in [1.165, 1.54) is 5.56 Å². The summed E-state index contributed by atoms with van der Waals surface area (Å²) in [6, 6.07) is 9.88. The third-order valence-corrected chi connectivity index (χ3v) is 2.30. The summed E-state index contributed by atoms with van der Waals surface area (Å²) in [6.07, 6.45) is 1.70. The van der Waals surface area contributed by atoms with Crippen LogP contribution >= 0.6 is 0 Å². The van der Waals surface area contributed by atoms with Crippen LogP contribution in [0.2, 0.25) is 0 Å². The Morgan fingerprint density at radius 3 is 2.81 bits per heavy atom. The predicted octanol–water partition coefficient (Wildman–Crippen LogP) is 1.99. The zero-order valence-electron chi connectivity index (χ0n) is 9.14. The Balaban J connectivity index is 2.24. The number of aryl methyl sites for hydroxylation is 1. The van der Waals surface area contributed by atoms with Crippen LogP contribution in [0.15, 0.2) is 36.5 Å². The number of hydrogen-bond donors (Lipinski definition) is 2. The van der Waals surface area contributed by atoms with Crippen LogP contribution in [-0.2, 0) is 6.54 Å². The van der Waals surface area contributed by atoms with Gasteiger partial charge in [-0.25, -0.2) is 9.97 Å². The van der Waals surface area contributed by atoms with Crippen molar-refractivity contribution in [2.24, 2.45) is 5.73 Å². The predicted molar refractivity (Wildman–Crippen MR) is 64.4 cm³/mol. The summed E-state index contributed by atoms with van der Waals surface area (Å²) < 4.78 is 0. The zero-order valence-corrected chi connectivity index (χ0v) is 9.14. The van der Waals surface area contributed by atoms with Crippen molar-refractivity contribution in [2.75, 3.05) is 5.32 Å². The van der Waals surface area contributed by atoms with Crippen molar-refractivity contribution in [3.63, 3.8) is 0 Å². The fourth-order valence-corrected chi connectivity index (χ4v) is 1.42. The molecule has 3 N–H and O–H groups in total. The minimum absolute atomic E-state index is 0.350. The van der Waals surface area contributed by atoms with Gasteiger partial charge in [0.05, 0.1) is 6.54 Å². The Kier molecular flexibility index (Phi) is 3.12. The van der Waals surface area contributed by atoms with E-state index in [9.17, 15) is 0 Å². The standard InChI is InChI=1S/C12H14N4/c1-9-4-2-3-5-10(9)15-11-6-7-14-12(8-13)16-11/h2-7H,8,13H2,1H3,(H,14,15,16). The molecule has 2 aromatic rings. The van der Waals surface area contributed by atoms with Crippen LogP contribution < -0.4 is 11.1 Å². The summed E-state index contributed by atoms with van der Waals surface area (Å²) in [5, 5.41) is 3.24. The van der Waals surface area contributed by atoms with E-state index < -0.39 is 0 Å². The van der Waals surface area contributed by atoms with Crippen LogP contribution in [0.3, 0.4) is 0 Å². The van der Waals surface area contributed by atoms with Crippen LogP contribution in [0.1, 0.15) is 11.4 Å². The second-order valence-corrected chi connectivity index (χ2v) is 3.50. The minimum atomic E-state index is 0.350. The zero-order chi connectivity index (χ0) is 11.4. The quantitative estimate of drug-likeness (QED) is 0.820. The van der Waals surface area contributed by atoms with Crippen molar-refractivity contribution >= 4 is 11.5 Å². The molecule has 1 heterocycles. The molecule has 0 atom stereocenters. The summed E-state index contributed by atoms with van der Waals surface area (Å²) in [6.45, 7) is 2.40. The summed E-state index contributed by atoms with van der Waals surface area (Å²) in [5.41, 5.74) is 7.71. The Bertz CT molecular complexity index is 482. The van der Waals surface area contributed by atoms with Crippen LogP contribution in [0.5, 0.6) is 0 Å². The molecule has 0 saturated heterocycles. The maximum absolute atomic E-state index is 5.49. The van der Waals surface area contributed by atoms with E-state index in [4.69, 9.17) is 5.73 Å². The highest BCUT2D eigenvalue weighted by Crippen LogP contribution is 2.17. The highest BCUT2D eigenvalue weighted by molar-refractivity contribution is 5.59. The number of benzene rings is 1. The molecule has 0 aliphatic rings. The summed E-state index contributed by atoms with van der Waals surface area (Å²) >= 11 is 0. The second kappa shape index (κ2) is 4.72. The van der Waals surface area contributed by atoms with Crippen molar-refractivity contribution < 1.29 is 0 Å². The number of hydrogen-bond acceptors (Lipinski definition) is 4. The Hall–Kier alpha value is -1.94. The van der Waals surface area contributed by atoms with Crippen molar-refractivity contribution in [3.05, 3.63) is 47.9 Å². The maximum Gasteiger partial charge on any atom is 0.144 e. The monoisotopic (exact) mass is 214 g/mol. The number of nitrogens with two attached hydrogens (primary N) is 1. The third-order valence-electron chi connectivity index (χ3n) is 2.30. The second-order valence-electron chi connectivity index (χ2n) is 3.50. The van der Waals surface area contributed by atoms with Gasteiger partial charge in [0.1, 0.15) is 11.6 Å². The summed E-state index contributed by atoms with van der Waals surface area (Å²) in [7, 11) is 0. The molecule has 4 nitrogen and oxygen atoms in total. The molecule has 0 aliphatic carbocycles. The lowest BCUT2D eigenvalue weighted by Gasteiger charge is -2.08. The number of para-hydroxylation sites is 1. The van der Waals surface area contributed by atoms with Crippen molar-refractivity contribution in [2.45, 2.75) is 13.5 Å². The van der Waals surface area contributed by atoms with E-state index in [0.717, 1.165) is 11.5 Å². The average molecular weight is 214 g/mol. The largest absolute Gasteiger partial charge is 0.340 e. The smallest absolute Gasteiger partial charge is 0.144 e. The fourth-order valence-electron chi connectivity index (χ4n) is 1.42. The first-order chi connectivity index (χ1) is 7.79. The lowest BCUT2D eigenvalue weighted by Crippen LogP contribution is -2.04. The molecule has 1 aromatic carbocycles. The van der Waals surface area contributed by atoms with Gasteiger partial charge in [0, 0.05) is 11.9 Å². The molecule has 0 aliphatic heterocycles. The van der Waals surface area contributed by atoms with E-state index in [1.54, 1.807) is 6.20 Å². The molecule has 0 radical (unpaired) electrons. The number of nitrogens with zero attached hydrogens (tertiary/aromatic N) is 2. The van der Waals surface area contributed by atoms with Crippen molar-refractivity contribution in [1.82, 2.24) is 9.97 Å². The molecule has 0 bridgehead atoms. The van der Waals surface area contributed by atoms with Crippen LogP contribution in [-0.4, -0.2) is 9.97 Å². The van der Waals surface area contributed by atoms with E-state index in [0.29, 0.717) is 12.4 Å². The third kappa shape index (κ3) is 2.35. The molecular weight excluding hydrogens is 200 g/mol. The first-order valence-corrected chi connectivity index (χ1v) is 5.14. The summed E-state index contributed by atoms with van der Waals surface area (Å²) in [4.78, 5) is 8.33. The van der Waals surface area contributed by atoms with Gasteiger partial charge in [-0.05, 0) is 24.6 Å². The van der Waals surface area contributed by atoms with Gasteiger partial charge < -0.3 is 11.1 Å².